The molecule has 0 saturated carbocycles. The molecule has 6 heteroatoms. The topological polar surface area (TPSA) is 95.9 Å². The third-order valence-electron chi connectivity index (χ3n) is 19.0. The molecule has 3 N–H and O–H groups in total. The van der Waals surface area contributed by atoms with Crippen LogP contribution in [0, 0.1) is 0 Å². The van der Waals surface area contributed by atoms with E-state index in [1.165, 1.54) is 379 Å². The van der Waals surface area contributed by atoms with Crippen LogP contribution in [-0.2, 0) is 14.3 Å². The molecule has 0 bridgehead atoms. The number of hydrogen-bond donors (Lipinski definition) is 3. The summed E-state index contributed by atoms with van der Waals surface area (Å²) < 4.78 is 5.51. The Kier molecular flexibility index (Phi) is 75.3. The highest BCUT2D eigenvalue weighted by atomic mass is 16.5. The Morgan fingerprint density at radius 1 is 0.322 bits per heavy atom. The number of ether oxygens (including phenoxy) is 1. The number of amides is 1. The Labute approximate surface area is 545 Å². The van der Waals surface area contributed by atoms with Crippen LogP contribution in [0.25, 0.3) is 0 Å². The van der Waals surface area contributed by atoms with Gasteiger partial charge in [-0.25, -0.2) is 0 Å². The summed E-state index contributed by atoms with van der Waals surface area (Å²) in [4.78, 5) is 24.7. The van der Waals surface area contributed by atoms with E-state index in [0.717, 1.165) is 44.9 Å². The van der Waals surface area contributed by atoms with Crippen LogP contribution >= 0.6 is 0 Å². The van der Waals surface area contributed by atoms with Crippen LogP contribution in [0.4, 0.5) is 0 Å². The van der Waals surface area contributed by atoms with Crippen LogP contribution in [0.3, 0.4) is 0 Å². The monoisotopic (exact) mass is 1220 g/mol. The van der Waals surface area contributed by atoms with Crippen molar-refractivity contribution in [1.82, 2.24) is 5.32 Å². The zero-order chi connectivity index (χ0) is 62.8. The van der Waals surface area contributed by atoms with Crippen molar-refractivity contribution in [2.45, 2.75) is 469 Å². The van der Waals surface area contributed by atoms with Gasteiger partial charge in [-0.1, -0.05) is 411 Å². The molecule has 1 amide bonds. The van der Waals surface area contributed by atoms with Gasteiger partial charge in [-0.3, -0.25) is 9.59 Å². The van der Waals surface area contributed by atoms with E-state index in [0.29, 0.717) is 25.9 Å². The van der Waals surface area contributed by atoms with Gasteiger partial charge in [0.15, 0.2) is 0 Å². The highest BCUT2D eigenvalue weighted by Gasteiger charge is 2.20. The predicted octanol–water partition coefficient (Wildman–Crippen LogP) is 26.4. The number of carbonyl (C=O) groups excluding carboxylic acids is 2. The second kappa shape index (κ2) is 76.8. The van der Waals surface area contributed by atoms with Gasteiger partial charge in [-0.2, -0.15) is 0 Å². The summed E-state index contributed by atoms with van der Waals surface area (Å²) in [7, 11) is 0. The van der Waals surface area contributed by atoms with Crippen LogP contribution in [0.1, 0.15) is 457 Å². The molecule has 0 rings (SSSR count). The average Bonchev–Trinajstić information content (AvgIpc) is 3.58. The molecular weight excluding hydrogens is 1070 g/mol. The zero-order valence-corrected chi connectivity index (χ0v) is 59.3. The summed E-state index contributed by atoms with van der Waals surface area (Å²) in [6, 6.07) is -0.542. The minimum atomic E-state index is -0.665. The molecular formula is C81H157NO5. The second-order valence-electron chi connectivity index (χ2n) is 27.8. The maximum absolute atomic E-state index is 12.6. The van der Waals surface area contributed by atoms with E-state index in [1.54, 1.807) is 0 Å². The molecule has 87 heavy (non-hydrogen) atoms. The summed E-state index contributed by atoms with van der Waals surface area (Å²) in [5.41, 5.74) is 0. The van der Waals surface area contributed by atoms with Crippen molar-refractivity contribution < 1.29 is 24.5 Å². The minimum absolute atomic E-state index is 0.0183. The quantitative estimate of drug-likeness (QED) is 0.0320. The van der Waals surface area contributed by atoms with E-state index >= 15 is 0 Å². The standard InChI is InChI=1S/C81H157NO5/c1-3-5-7-9-11-13-15-17-19-21-22-23-35-38-42-45-49-53-57-61-65-69-73-79(84)78(77-83)82-80(85)74-70-66-62-58-54-50-46-43-39-36-33-31-29-27-25-24-26-28-30-32-34-37-40-44-48-52-56-60-64-68-72-76-87-81(86)75-71-67-63-59-55-51-47-41-20-18-16-14-12-10-8-6-4-2/h26,28,32,34,78-79,83-84H,3-25,27,29-31,33,35-77H2,1-2H3,(H,82,85)/b28-26-,34-32-. The maximum atomic E-state index is 12.6. The molecule has 0 saturated heterocycles. The SMILES string of the molecule is CCCCCCCCCCCCCCCCCCCCCCCCC(O)C(CO)NC(=O)CCCCCCCCCCCCCCCCC/C=C\C/C=C\CCCCCCCCCCCOC(=O)CCCCCCCCCCCCCCCCCCC. The summed E-state index contributed by atoms with van der Waals surface area (Å²) in [5.74, 6) is -0.0106. The summed E-state index contributed by atoms with van der Waals surface area (Å²) >= 11 is 0. The van der Waals surface area contributed by atoms with Gasteiger partial charge in [-0.05, 0) is 57.8 Å². The van der Waals surface area contributed by atoms with Crippen LogP contribution in [0.2, 0.25) is 0 Å². The van der Waals surface area contributed by atoms with Crippen LogP contribution in [0.15, 0.2) is 24.3 Å². The second-order valence-corrected chi connectivity index (χ2v) is 27.8. The number of hydrogen-bond acceptors (Lipinski definition) is 5. The van der Waals surface area contributed by atoms with Crippen LogP contribution in [-0.4, -0.2) is 47.4 Å². The maximum Gasteiger partial charge on any atom is 0.305 e. The van der Waals surface area contributed by atoms with Gasteiger partial charge in [0.25, 0.3) is 0 Å². The van der Waals surface area contributed by atoms with Crippen molar-refractivity contribution >= 4 is 11.9 Å². The molecule has 2 unspecified atom stereocenters. The van der Waals surface area contributed by atoms with Gasteiger partial charge in [-0.15, -0.1) is 0 Å². The number of allylic oxidation sites excluding steroid dienone is 4. The molecule has 0 fully saturated rings. The lowest BCUT2D eigenvalue weighted by Gasteiger charge is -2.22. The molecule has 0 aromatic heterocycles. The highest BCUT2D eigenvalue weighted by molar-refractivity contribution is 5.76. The summed E-state index contributed by atoms with van der Waals surface area (Å²) in [6.07, 6.45) is 98.4. The number of esters is 1. The molecule has 0 aromatic carbocycles. The van der Waals surface area contributed by atoms with E-state index in [9.17, 15) is 19.8 Å². The van der Waals surface area contributed by atoms with E-state index in [4.69, 9.17) is 4.74 Å². The Balaban J connectivity index is 3.38. The third-order valence-corrected chi connectivity index (χ3v) is 19.0. The Bertz CT molecular complexity index is 1360. The van der Waals surface area contributed by atoms with Crippen LogP contribution < -0.4 is 5.32 Å². The molecule has 6 nitrogen and oxygen atoms in total. The Morgan fingerprint density at radius 3 is 0.874 bits per heavy atom. The molecule has 0 spiro atoms. The molecule has 0 aromatic rings. The van der Waals surface area contributed by atoms with Crippen molar-refractivity contribution in [2.75, 3.05) is 13.2 Å². The van der Waals surface area contributed by atoms with Gasteiger partial charge in [0, 0.05) is 12.8 Å². The number of aliphatic hydroxyl groups excluding tert-OH is 2. The average molecular weight is 1230 g/mol. The first-order valence-electron chi connectivity index (χ1n) is 40.1. The molecule has 0 aliphatic carbocycles. The van der Waals surface area contributed by atoms with Gasteiger partial charge in [0.2, 0.25) is 5.91 Å². The number of carbonyl (C=O) groups is 2. The van der Waals surface area contributed by atoms with Crippen molar-refractivity contribution in [3.05, 3.63) is 24.3 Å². The fourth-order valence-corrected chi connectivity index (χ4v) is 12.9. The largest absolute Gasteiger partial charge is 0.466 e. The zero-order valence-electron chi connectivity index (χ0n) is 59.3. The first kappa shape index (κ1) is 85.3. The molecule has 2 atom stereocenters. The lowest BCUT2D eigenvalue weighted by Crippen LogP contribution is -2.45. The Hall–Kier alpha value is -1.66. The molecule has 516 valence electrons. The molecule has 0 aliphatic rings. The van der Waals surface area contributed by atoms with E-state index in [-0.39, 0.29) is 18.5 Å². The fourth-order valence-electron chi connectivity index (χ4n) is 12.9. The third kappa shape index (κ3) is 73.3. The van der Waals surface area contributed by atoms with Crippen molar-refractivity contribution in [3.8, 4) is 0 Å². The molecule has 0 radical (unpaired) electrons. The fraction of sp³-hybridized carbons (Fsp3) is 0.926. The lowest BCUT2D eigenvalue weighted by atomic mass is 10.0. The molecule has 0 aliphatic heterocycles. The van der Waals surface area contributed by atoms with E-state index in [1.807, 2.05) is 0 Å². The smallest absolute Gasteiger partial charge is 0.305 e. The molecule has 0 heterocycles. The van der Waals surface area contributed by atoms with Gasteiger partial charge in [0.05, 0.1) is 25.4 Å². The number of rotatable bonds is 76. The lowest BCUT2D eigenvalue weighted by molar-refractivity contribution is -0.143. The van der Waals surface area contributed by atoms with Gasteiger partial charge in [0.1, 0.15) is 0 Å². The van der Waals surface area contributed by atoms with Crippen molar-refractivity contribution in [3.63, 3.8) is 0 Å². The van der Waals surface area contributed by atoms with Gasteiger partial charge < -0.3 is 20.3 Å². The van der Waals surface area contributed by atoms with E-state index < -0.39 is 12.1 Å². The first-order valence-corrected chi connectivity index (χ1v) is 40.1. The number of unbranched alkanes of at least 4 members (excludes halogenated alkanes) is 61. The van der Waals surface area contributed by atoms with Gasteiger partial charge >= 0.3 is 5.97 Å². The normalized spacial score (nSPS) is 12.6. The summed E-state index contributed by atoms with van der Waals surface area (Å²) in [5, 5.41) is 23.5. The van der Waals surface area contributed by atoms with Crippen LogP contribution in [0.5, 0.6) is 0 Å². The predicted molar refractivity (Wildman–Crippen MR) is 384 cm³/mol. The Morgan fingerprint density at radius 2 is 0.575 bits per heavy atom. The number of aliphatic hydroxyl groups is 2. The summed E-state index contributed by atoms with van der Waals surface area (Å²) in [6.45, 7) is 5.01. The van der Waals surface area contributed by atoms with Crippen molar-refractivity contribution in [1.29, 1.82) is 0 Å². The van der Waals surface area contributed by atoms with Crippen molar-refractivity contribution in [2.24, 2.45) is 0 Å². The number of nitrogens with one attached hydrogen (secondary N) is 1. The van der Waals surface area contributed by atoms with E-state index in [2.05, 4.69) is 43.5 Å². The highest BCUT2D eigenvalue weighted by Crippen LogP contribution is 2.20. The first-order chi connectivity index (χ1) is 43.0. The minimum Gasteiger partial charge on any atom is -0.466 e.